The highest BCUT2D eigenvalue weighted by Gasteiger charge is 2.24. The molecule has 0 saturated carbocycles. The summed E-state index contributed by atoms with van der Waals surface area (Å²) in [5.41, 5.74) is 1.49. The lowest BCUT2D eigenvalue weighted by atomic mass is 10.2. The molecule has 12 heteroatoms. The van der Waals surface area contributed by atoms with Crippen molar-refractivity contribution in [1.29, 1.82) is 0 Å². The number of nitrogens with one attached hydrogen (secondary N) is 1. The van der Waals surface area contributed by atoms with Gasteiger partial charge >= 0.3 is 0 Å². The Labute approximate surface area is 218 Å². The van der Waals surface area contributed by atoms with Crippen molar-refractivity contribution in [3.05, 3.63) is 59.5 Å². The van der Waals surface area contributed by atoms with Crippen LogP contribution < -0.4 is 10.1 Å². The Kier molecular flexibility index (Phi) is 8.56. The number of aromatic nitrogens is 1. The molecule has 37 heavy (non-hydrogen) atoms. The number of methoxy groups -OCH3 is 3. The summed E-state index contributed by atoms with van der Waals surface area (Å²) in [7, 11) is 0.815. The summed E-state index contributed by atoms with van der Waals surface area (Å²) < 4.78 is 48.7. The van der Waals surface area contributed by atoms with Gasteiger partial charge in [-0.25, -0.2) is 13.4 Å². The standard InChI is InChI=1S/C25H27N3O7S2/c1-32-13-11-28(12-14-33-2)37(30,31)19-9-7-17(8-10-19)24(29)27-25-26-20(16-36-25)22-15-18-5-4-6-21(34-3)23(18)35-22/h4-10,15-16H,11-14H2,1-3H3,(H,26,27,29). The molecule has 1 amide bonds. The second kappa shape index (κ2) is 11.8. The fourth-order valence-electron chi connectivity index (χ4n) is 3.60. The first-order chi connectivity index (χ1) is 17.9. The first-order valence-electron chi connectivity index (χ1n) is 11.3. The van der Waals surface area contributed by atoms with Gasteiger partial charge in [-0.2, -0.15) is 4.31 Å². The Hall–Kier alpha value is -3.29. The highest BCUT2D eigenvalue weighted by atomic mass is 32.2. The molecule has 0 aliphatic heterocycles. The maximum atomic E-state index is 13.0. The zero-order valence-electron chi connectivity index (χ0n) is 20.6. The minimum Gasteiger partial charge on any atom is -0.493 e. The van der Waals surface area contributed by atoms with E-state index >= 15 is 0 Å². The van der Waals surface area contributed by atoms with E-state index in [9.17, 15) is 13.2 Å². The number of anilines is 1. The Balaban J connectivity index is 1.46. The number of sulfonamides is 1. The predicted molar refractivity (Wildman–Crippen MR) is 141 cm³/mol. The van der Waals surface area contributed by atoms with E-state index in [0.717, 1.165) is 5.39 Å². The minimum absolute atomic E-state index is 0.0769. The van der Waals surface area contributed by atoms with E-state index in [-0.39, 0.29) is 31.2 Å². The molecule has 0 aliphatic rings. The molecule has 0 unspecified atom stereocenters. The molecule has 0 fully saturated rings. The van der Waals surface area contributed by atoms with Crippen molar-refractivity contribution >= 4 is 43.4 Å². The molecule has 2 heterocycles. The van der Waals surface area contributed by atoms with Crippen LogP contribution in [-0.2, 0) is 19.5 Å². The first-order valence-corrected chi connectivity index (χ1v) is 13.6. The van der Waals surface area contributed by atoms with Crippen LogP contribution in [0.5, 0.6) is 5.75 Å². The summed E-state index contributed by atoms with van der Waals surface area (Å²) in [6.07, 6.45) is 0. The number of hydrogen-bond acceptors (Lipinski definition) is 9. The van der Waals surface area contributed by atoms with Crippen LogP contribution >= 0.6 is 11.3 Å². The molecule has 4 rings (SSSR count). The van der Waals surface area contributed by atoms with Crippen molar-refractivity contribution in [2.45, 2.75) is 4.90 Å². The maximum Gasteiger partial charge on any atom is 0.257 e. The van der Waals surface area contributed by atoms with Gasteiger partial charge in [-0.1, -0.05) is 12.1 Å². The highest BCUT2D eigenvalue weighted by molar-refractivity contribution is 7.89. The van der Waals surface area contributed by atoms with E-state index in [1.807, 2.05) is 24.3 Å². The van der Waals surface area contributed by atoms with E-state index in [2.05, 4.69) is 10.3 Å². The number of carbonyl (C=O) groups is 1. The summed E-state index contributed by atoms with van der Waals surface area (Å²) in [4.78, 5) is 17.3. The van der Waals surface area contributed by atoms with Gasteiger partial charge in [-0.05, 0) is 36.4 Å². The number of para-hydroxylation sites is 1. The quantitative estimate of drug-likeness (QED) is 0.283. The van der Waals surface area contributed by atoms with Gasteiger partial charge in [0.1, 0.15) is 5.69 Å². The Morgan fingerprint density at radius 1 is 1.05 bits per heavy atom. The van der Waals surface area contributed by atoms with Gasteiger partial charge in [0.2, 0.25) is 10.0 Å². The summed E-state index contributed by atoms with van der Waals surface area (Å²) in [6, 6.07) is 13.2. The first kappa shape index (κ1) is 26.8. The fraction of sp³-hybridized carbons (Fsp3) is 0.280. The molecule has 4 aromatic rings. The minimum atomic E-state index is -3.78. The third kappa shape index (κ3) is 6.00. The summed E-state index contributed by atoms with van der Waals surface area (Å²) in [5.74, 6) is 0.766. The number of thiazole rings is 1. The predicted octanol–water partition coefficient (Wildman–Crippen LogP) is 4.10. The number of ether oxygens (including phenoxy) is 3. The van der Waals surface area contributed by atoms with E-state index in [1.165, 1.54) is 54.1 Å². The van der Waals surface area contributed by atoms with Gasteiger partial charge in [0.25, 0.3) is 5.91 Å². The van der Waals surface area contributed by atoms with Crippen LogP contribution in [0.15, 0.2) is 63.2 Å². The number of fused-ring (bicyclic) bond motifs is 1. The summed E-state index contributed by atoms with van der Waals surface area (Å²) >= 11 is 1.25. The van der Waals surface area contributed by atoms with Gasteiger partial charge in [0.15, 0.2) is 22.2 Å². The van der Waals surface area contributed by atoms with Crippen LogP contribution in [0.4, 0.5) is 5.13 Å². The molecule has 2 aromatic carbocycles. The second-order valence-electron chi connectivity index (χ2n) is 7.90. The van der Waals surface area contributed by atoms with Crippen LogP contribution in [-0.4, -0.2) is 71.2 Å². The van der Waals surface area contributed by atoms with Crippen molar-refractivity contribution < 1.29 is 31.8 Å². The lowest BCUT2D eigenvalue weighted by Crippen LogP contribution is -2.36. The topological polar surface area (TPSA) is 120 Å². The SMILES string of the molecule is COCCN(CCOC)S(=O)(=O)c1ccc(C(=O)Nc2nc(-c3cc4cccc(OC)c4o3)cs2)cc1. The summed E-state index contributed by atoms with van der Waals surface area (Å²) in [5, 5.41) is 5.80. The Morgan fingerprint density at radius 2 is 1.76 bits per heavy atom. The third-order valence-corrected chi connectivity index (χ3v) is 8.22. The van der Waals surface area contributed by atoms with Crippen molar-refractivity contribution in [2.24, 2.45) is 0 Å². The smallest absolute Gasteiger partial charge is 0.257 e. The third-order valence-electron chi connectivity index (χ3n) is 5.55. The molecular weight excluding hydrogens is 518 g/mol. The van der Waals surface area contributed by atoms with Crippen molar-refractivity contribution in [1.82, 2.24) is 9.29 Å². The molecular formula is C25H27N3O7S2. The fourth-order valence-corrected chi connectivity index (χ4v) is 5.71. The molecule has 10 nitrogen and oxygen atoms in total. The van der Waals surface area contributed by atoms with Gasteiger partial charge in [0, 0.05) is 43.6 Å². The summed E-state index contributed by atoms with van der Waals surface area (Å²) in [6.45, 7) is 0.880. The number of rotatable bonds is 12. The van der Waals surface area contributed by atoms with E-state index < -0.39 is 15.9 Å². The van der Waals surface area contributed by atoms with Gasteiger partial charge < -0.3 is 18.6 Å². The van der Waals surface area contributed by atoms with Crippen LogP contribution in [0.3, 0.4) is 0 Å². The number of amides is 1. The lowest BCUT2D eigenvalue weighted by Gasteiger charge is -2.21. The molecule has 0 radical (unpaired) electrons. The van der Waals surface area contributed by atoms with E-state index in [0.29, 0.717) is 33.5 Å². The van der Waals surface area contributed by atoms with Gasteiger partial charge in [0.05, 0.1) is 25.2 Å². The van der Waals surface area contributed by atoms with Crippen molar-refractivity contribution in [2.75, 3.05) is 52.9 Å². The van der Waals surface area contributed by atoms with E-state index in [4.69, 9.17) is 18.6 Å². The Morgan fingerprint density at radius 3 is 2.41 bits per heavy atom. The number of carbonyl (C=O) groups excluding carboxylic acids is 1. The number of furan rings is 1. The maximum absolute atomic E-state index is 13.0. The molecule has 0 aliphatic carbocycles. The van der Waals surface area contributed by atoms with Gasteiger partial charge in [-0.15, -0.1) is 11.3 Å². The van der Waals surface area contributed by atoms with Crippen molar-refractivity contribution in [3.63, 3.8) is 0 Å². The number of benzene rings is 2. The van der Waals surface area contributed by atoms with Crippen LogP contribution in [0, 0.1) is 0 Å². The zero-order chi connectivity index (χ0) is 26.4. The van der Waals surface area contributed by atoms with Crippen LogP contribution in [0.25, 0.3) is 22.4 Å². The monoisotopic (exact) mass is 545 g/mol. The van der Waals surface area contributed by atoms with Crippen LogP contribution in [0.1, 0.15) is 10.4 Å². The molecule has 0 saturated heterocycles. The number of hydrogen-bond donors (Lipinski definition) is 1. The van der Waals surface area contributed by atoms with Crippen LogP contribution in [0.2, 0.25) is 0 Å². The molecule has 0 spiro atoms. The molecule has 1 N–H and O–H groups in total. The second-order valence-corrected chi connectivity index (χ2v) is 10.7. The average molecular weight is 546 g/mol. The molecule has 2 aromatic heterocycles. The largest absolute Gasteiger partial charge is 0.493 e. The molecule has 0 bridgehead atoms. The number of nitrogens with zero attached hydrogens (tertiary/aromatic N) is 2. The highest BCUT2D eigenvalue weighted by Crippen LogP contribution is 2.34. The lowest BCUT2D eigenvalue weighted by molar-refractivity contribution is 0.102. The average Bonchev–Trinajstić information content (AvgIpc) is 3.55. The Bertz CT molecular complexity index is 1460. The molecule has 196 valence electrons. The zero-order valence-corrected chi connectivity index (χ0v) is 22.2. The normalized spacial score (nSPS) is 11.8. The molecule has 0 atom stereocenters. The van der Waals surface area contributed by atoms with Gasteiger partial charge in [-0.3, -0.25) is 10.1 Å². The van der Waals surface area contributed by atoms with Crippen molar-refractivity contribution in [3.8, 4) is 17.2 Å². The van der Waals surface area contributed by atoms with E-state index in [1.54, 1.807) is 12.5 Å².